The number of rotatable bonds is 5. The van der Waals surface area contributed by atoms with E-state index in [1.165, 1.54) is 24.3 Å². The number of ketones is 2. The normalized spacial score (nSPS) is 31.2. The first-order chi connectivity index (χ1) is 11.9. The number of hydrogen-bond donors (Lipinski definition) is 2. The van der Waals surface area contributed by atoms with Crippen LogP contribution in [0.4, 0.5) is 5.69 Å². The second-order valence-corrected chi connectivity index (χ2v) is 6.60. The number of carbonyl (C=O) groups excluding carboxylic acids is 2. The van der Waals surface area contributed by atoms with Crippen LogP contribution in [0.2, 0.25) is 0 Å². The Balaban J connectivity index is 2.55. The maximum atomic E-state index is 12.0. The number of nitro groups is 2. The predicted molar refractivity (Wildman–Crippen MR) is 87.1 cm³/mol. The van der Waals surface area contributed by atoms with Gasteiger partial charge in [0.1, 0.15) is 0 Å². The van der Waals surface area contributed by atoms with Gasteiger partial charge in [0.25, 0.3) is 11.7 Å². The third-order valence-electron chi connectivity index (χ3n) is 5.03. The van der Waals surface area contributed by atoms with Crippen molar-refractivity contribution in [3.8, 4) is 0 Å². The summed E-state index contributed by atoms with van der Waals surface area (Å²) < 4.78 is 0. The number of Topliss-reactive ketones (excluding diaryl/α,β-unsaturated/α-hetero) is 2. The molecule has 1 saturated carbocycles. The summed E-state index contributed by atoms with van der Waals surface area (Å²) >= 11 is 0. The van der Waals surface area contributed by atoms with Crippen LogP contribution in [-0.4, -0.2) is 48.9 Å². The van der Waals surface area contributed by atoms with Gasteiger partial charge in [0.15, 0.2) is 22.8 Å². The Labute approximate surface area is 147 Å². The topological polar surface area (TPSA) is 161 Å². The second-order valence-electron chi connectivity index (χ2n) is 6.60. The summed E-state index contributed by atoms with van der Waals surface area (Å²) in [5.74, 6) is -2.66. The predicted octanol–water partition coefficient (Wildman–Crippen LogP) is 0.758. The molecule has 0 aliphatic heterocycles. The molecule has 0 unspecified atom stereocenters. The van der Waals surface area contributed by atoms with E-state index in [9.17, 15) is 40.0 Å². The molecule has 10 nitrogen and oxygen atoms in total. The van der Waals surface area contributed by atoms with Crippen molar-refractivity contribution < 1.29 is 29.6 Å². The van der Waals surface area contributed by atoms with Gasteiger partial charge in [-0.25, -0.2) is 0 Å². The molecule has 0 aromatic heterocycles. The molecule has 10 heteroatoms. The molecule has 2 N–H and O–H groups in total. The number of carbonyl (C=O) groups is 2. The number of non-ortho nitro benzene ring substituents is 1. The highest BCUT2D eigenvalue weighted by atomic mass is 16.6. The Hall–Kier alpha value is -2.72. The summed E-state index contributed by atoms with van der Waals surface area (Å²) in [5, 5.41) is 43.7. The Bertz CT molecular complexity index is 747. The summed E-state index contributed by atoms with van der Waals surface area (Å²) in [5.41, 5.74) is -4.86. The molecule has 1 aromatic rings. The van der Waals surface area contributed by atoms with Crippen molar-refractivity contribution in [2.24, 2.45) is 0 Å². The third-order valence-corrected chi connectivity index (χ3v) is 5.03. The van der Waals surface area contributed by atoms with Gasteiger partial charge in [-0.2, -0.15) is 0 Å². The van der Waals surface area contributed by atoms with E-state index >= 15 is 0 Å². The van der Waals surface area contributed by atoms with E-state index in [1.54, 1.807) is 0 Å². The maximum Gasteiger partial charge on any atom is 0.283 e. The lowest BCUT2D eigenvalue weighted by molar-refractivity contribution is -0.564. The number of aliphatic hydroxyl groups is 2. The molecule has 1 fully saturated rings. The highest BCUT2D eigenvalue weighted by Gasteiger charge is 2.67. The fourth-order valence-electron chi connectivity index (χ4n) is 3.57. The second kappa shape index (κ2) is 6.54. The average molecular weight is 366 g/mol. The Morgan fingerprint density at radius 1 is 1.00 bits per heavy atom. The van der Waals surface area contributed by atoms with Crippen LogP contribution >= 0.6 is 0 Å². The van der Waals surface area contributed by atoms with Crippen molar-refractivity contribution in [2.45, 2.75) is 49.9 Å². The van der Waals surface area contributed by atoms with Crippen LogP contribution in [0.25, 0.3) is 0 Å². The van der Waals surface area contributed by atoms with Gasteiger partial charge in [-0.3, -0.25) is 29.8 Å². The lowest BCUT2D eigenvalue weighted by Gasteiger charge is -2.44. The monoisotopic (exact) mass is 366 g/mol. The van der Waals surface area contributed by atoms with Crippen LogP contribution < -0.4 is 0 Å². The SMILES string of the molecule is CC(=O)[C@]1(O)C[C@H](c2ccc([N+](=O)[O-])cc2)C[C@](O)(C(C)=O)[C@H]1[N+](=O)[O-]. The van der Waals surface area contributed by atoms with E-state index < -0.39 is 44.6 Å². The standard InChI is InChI=1S/C16H18N2O8/c1-9(19)15(21)7-12(11-3-5-13(6-4-11)17(23)24)8-16(22,10(2)20)14(15)18(25)26/h3-6,12,14,21-22H,7-8H2,1-2H3/t12-,14-,15+,16-. The molecule has 0 bridgehead atoms. The molecular formula is C16H18N2O8. The highest BCUT2D eigenvalue weighted by molar-refractivity contribution is 5.91. The smallest absolute Gasteiger partial charge is 0.283 e. The van der Waals surface area contributed by atoms with Gasteiger partial charge in [-0.15, -0.1) is 0 Å². The first-order valence-electron chi connectivity index (χ1n) is 7.78. The minimum absolute atomic E-state index is 0.184. The zero-order valence-corrected chi connectivity index (χ0v) is 14.1. The zero-order chi connectivity index (χ0) is 19.9. The van der Waals surface area contributed by atoms with Crippen LogP contribution in [0.1, 0.15) is 38.2 Å². The summed E-state index contributed by atoms with van der Waals surface area (Å²) in [6.07, 6.45) is -0.775. The molecule has 0 heterocycles. The Morgan fingerprint density at radius 3 is 1.73 bits per heavy atom. The van der Waals surface area contributed by atoms with E-state index in [-0.39, 0.29) is 18.5 Å². The van der Waals surface area contributed by atoms with Crippen molar-refractivity contribution in [2.75, 3.05) is 0 Å². The van der Waals surface area contributed by atoms with E-state index in [0.29, 0.717) is 5.56 Å². The molecule has 26 heavy (non-hydrogen) atoms. The van der Waals surface area contributed by atoms with Crippen LogP contribution in [0.15, 0.2) is 24.3 Å². The highest BCUT2D eigenvalue weighted by Crippen LogP contribution is 2.46. The molecule has 0 saturated heterocycles. The summed E-state index contributed by atoms with van der Waals surface area (Å²) in [6.45, 7) is 1.91. The van der Waals surface area contributed by atoms with Gasteiger partial charge in [0, 0.05) is 17.1 Å². The van der Waals surface area contributed by atoms with Crippen molar-refractivity contribution in [3.63, 3.8) is 0 Å². The largest absolute Gasteiger partial charge is 0.376 e. The minimum atomic E-state index is -2.55. The molecule has 140 valence electrons. The molecule has 1 aliphatic carbocycles. The lowest BCUT2D eigenvalue weighted by atomic mass is 9.62. The van der Waals surface area contributed by atoms with Gasteiger partial charge >= 0.3 is 0 Å². The van der Waals surface area contributed by atoms with Crippen LogP contribution in [0.5, 0.6) is 0 Å². The lowest BCUT2D eigenvalue weighted by Crippen LogP contribution is -2.69. The number of nitro benzene ring substituents is 1. The number of benzene rings is 1. The number of nitrogens with zero attached hydrogens (tertiary/aromatic N) is 2. The van der Waals surface area contributed by atoms with E-state index in [4.69, 9.17) is 0 Å². The fraction of sp³-hybridized carbons (Fsp3) is 0.500. The fourth-order valence-corrected chi connectivity index (χ4v) is 3.57. The molecule has 2 rings (SSSR count). The van der Waals surface area contributed by atoms with E-state index in [1.807, 2.05) is 0 Å². The van der Waals surface area contributed by atoms with Crippen LogP contribution in [-0.2, 0) is 9.59 Å². The Kier molecular flexibility index (Phi) is 4.93. The van der Waals surface area contributed by atoms with Gasteiger partial charge in [-0.05, 0) is 38.2 Å². The van der Waals surface area contributed by atoms with Gasteiger partial charge < -0.3 is 10.2 Å². The van der Waals surface area contributed by atoms with Crippen LogP contribution in [0.3, 0.4) is 0 Å². The molecule has 0 radical (unpaired) electrons. The van der Waals surface area contributed by atoms with Crippen molar-refractivity contribution in [3.05, 3.63) is 50.1 Å². The molecule has 0 amide bonds. The van der Waals surface area contributed by atoms with Gasteiger partial charge in [0.05, 0.1) is 4.92 Å². The third kappa shape index (κ3) is 3.08. The maximum absolute atomic E-state index is 12.0. The van der Waals surface area contributed by atoms with E-state index in [2.05, 4.69) is 0 Å². The molecule has 0 spiro atoms. The zero-order valence-electron chi connectivity index (χ0n) is 14.1. The average Bonchev–Trinajstić information content (AvgIpc) is 2.53. The Morgan fingerprint density at radius 2 is 1.42 bits per heavy atom. The molecular weight excluding hydrogens is 348 g/mol. The van der Waals surface area contributed by atoms with Crippen molar-refractivity contribution in [1.82, 2.24) is 0 Å². The summed E-state index contributed by atoms with van der Waals surface area (Å²) in [7, 11) is 0. The quantitative estimate of drug-likeness (QED) is 0.570. The van der Waals surface area contributed by atoms with Crippen molar-refractivity contribution >= 4 is 17.3 Å². The van der Waals surface area contributed by atoms with Gasteiger partial charge in [0.2, 0.25) is 0 Å². The van der Waals surface area contributed by atoms with E-state index in [0.717, 1.165) is 13.8 Å². The number of hydrogen-bond acceptors (Lipinski definition) is 8. The molecule has 4 atom stereocenters. The first kappa shape index (κ1) is 19.6. The summed E-state index contributed by atoms with van der Waals surface area (Å²) in [4.78, 5) is 44.6. The summed E-state index contributed by atoms with van der Waals surface area (Å²) in [6, 6.07) is 2.95. The molecule has 1 aliphatic rings. The van der Waals surface area contributed by atoms with Gasteiger partial charge in [-0.1, -0.05) is 12.1 Å². The molecule has 1 aromatic carbocycles. The van der Waals surface area contributed by atoms with Crippen LogP contribution in [0, 0.1) is 20.2 Å². The first-order valence-corrected chi connectivity index (χ1v) is 7.78. The van der Waals surface area contributed by atoms with Crippen molar-refractivity contribution in [1.29, 1.82) is 0 Å². The minimum Gasteiger partial charge on any atom is -0.376 e.